The molecule has 0 fully saturated rings. The van der Waals surface area contributed by atoms with Gasteiger partial charge in [0, 0.05) is 33.4 Å². The van der Waals surface area contributed by atoms with E-state index in [-0.39, 0.29) is 0 Å². The Morgan fingerprint density at radius 2 is 1.34 bits per heavy atom. The number of hydrogen-bond donors (Lipinski definition) is 1. The fourth-order valence-corrected chi connectivity index (χ4v) is 3.92. The van der Waals surface area contributed by atoms with Crippen LogP contribution in [0.5, 0.6) is 17.2 Å². The Balaban J connectivity index is 1.44. The Morgan fingerprint density at radius 3 is 2.09 bits per heavy atom. The van der Waals surface area contributed by atoms with Crippen LogP contribution in [0.2, 0.25) is 15.1 Å². The Labute approximate surface area is 202 Å². The van der Waals surface area contributed by atoms with Gasteiger partial charge in [-0.2, -0.15) is 0 Å². The lowest BCUT2D eigenvalue weighted by molar-refractivity contribution is 0.303. The van der Waals surface area contributed by atoms with E-state index in [1.54, 1.807) is 6.07 Å². The van der Waals surface area contributed by atoms with E-state index in [1.807, 2.05) is 84.9 Å². The largest absolute Gasteiger partial charge is 0.487 e. The van der Waals surface area contributed by atoms with Crippen LogP contribution in [-0.4, -0.2) is 0 Å². The van der Waals surface area contributed by atoms with Crippen molar-refractivity contribution in [3.8, 4) is 17.2 Å². The zero-order valence-electron chi connectivity index (χ0n) is 17.0. The van der Waals surface area contributed by atoms with Gasteiger partial charge in [0.15, 0.2) is 0 Å². The molecule has 4 rings (SSSR count). The predicted octanol–water partition coefficient (Wildman–Crippen LogP) is 8.63. The molecule has 0 heterocycles. The first-order valence-corrected chi connectivity index (χ1v) is 11.1. The fraction of sp³-hybridized carbons (Fsp3) is 0.0769. The molecule has 0 unspecified atom stereocenters. The molecule has 4 aromatic rings. The van der Waals surface area contributed by atoms with Crippen molar-refractivity contribution in [2.75, 3.05) is 5.32 Å². The summed E-state index contributed by atoms with van der Waals surface area (Å²) in [4.78, 5) is 0. The lowest BCUT2D eigenvalue weighted by Gasteiger charge is -2.16. The number of rotatable bonds is 8. The van der Waals surface area contributed by atoms with E-state index < -0.39 is 0 Å². The summed E-state index contributed by atoms with van der Waals surface area (Å²) in [6, 6.07) is 28.5. The van der Waals surface area contributed by atoms with Crippen molar-refractivity contribution < 1.29 is 9.47 Å². The minimum atomic E-state index is 0.305. The molecule has 0 bridgehead atoms. The molecule has 0 aliphatic heterocycles. The van der Waals surface area contributed by atoms with Gasteiger partial charge in [0.2, 0.25) is 0 Å². The van der Waals surface area contributed by atoms with Crippen molar-refractivity contribution in [2.45, 2.75) is 13.2 Å². The Morgan fingerprint density at radius 1 is 0.656 bits per heavy atom. The van der Waals surface area contributed by atoms with Crippen molar-refractivity contribution >= 4 is 40.5 Å². The van der Waals surface area contributed by atoms with E-state index in [0.717, 1.165) is 28.3 Å². The number of benzene rings is 4. The molecule has 6 heteroatoms. The maximum absolute atomic E-state index is 6.43. The van der Waals surface area contributed by atoms with Gasteiger partial charge in [-0.15, -0.1) is 0 Å². The van der Waals surface area contributed by atoms with Crippen LogP contribution >= 0.6 is 34.8 Å². The summed E-state index contributed by atoms with van der Waals surface area (Å²) in [6.45, 7) is 0.788. The van der Waals surface area contributed by atoms with Crippen LogP contribution in [0.1, 0.15) is 11.1 Å². The molecular weight excluding hydrogens is 465 g/mol. The van der Waals surface area contributed by atoms with E-state index in [1.165, 1.54) is 0 Å². The first-order valence-electron chi connectivity index (χ1n) is 9.99. The van der Waals surface area contributed by atoms with Crippen molar-refractivity contribution in [1.82, 2.24) is 0 Å². The third-order valence-electron chi connectivity index (χ3n) is 4.73. The van der Waals surface area contributed by atoms with Crippen LogP contribution in [-0.2, 0) is 13.2 Å². The van der Waals surface area contributed by atoms with E-state index >= 15 is 0 Å². The van der Waals surface area contributed by atoms with Crippen molar-refractivity contribution in [3.63, 3.8) is 0 Å². The molecule has 0 aliphatic rings. The van der Waals surface area contributed by atoms with Gasteiger partial charge >= 0.3 is 0 Å². The second-order valence-electron chi connectivity index (χ2n) is 7.05. The van der Waals surface area contributed by atoms with Crippen LogP contribution < -0.4 is 14.8 Å². The normalized spacial score (nSPS) is 10.6. The smallest absolute Gasteiger partial charge is 0.143 e. The number of anilines is 1. The predicted molar refractivity (Wildman–Crippen MR) is 133 cm³/mol. The van der Waals surface area contributed by atoms with Crippen LogP contribution in [0.3, 0.4) is 0 Å². The molecule has 0 atom stereocenters. The van der Waals surface area contributed by atoms with Gasteiger partial charge < -0.3 is 14.8 Å². The maximum atomic E-state index is 6.43. The number of halogens is 3. The molecular formula is C26H20Cl3NO2. The summed E-state index contributed by atoms with van der Waals surface area (Å²) in [6.07, 6.45) is 0. The zero-order chi connectivity index (χ0) is 22.3. The standard InChI is InChI=1S/C26H20Cl3NO2/c27-20-14-19(26(25(29)15-20)31-17-18-6-4-5-9-24(18)28)16-30-21-10-12-23(13-11-21)32-22-7-2-1-3-8-22/h1-15,30H,16-17H2. The monoisotopic (exact) mass is 483 g/mol. The minimum Gasteiger partial charge on any atom is -0.487 e. The molecule has 32 heavy (non-hydrogen) atoms. The average Bonchev–Trinajstić information content (AvgIpc) is 2.79. The van der Waals surface area contributed by atoms with Gasteiger partial charge in [-0.25, -0.2) is 0 Å². The highest BCUT2D eigenvalue weighted by Crippen LogP contribution is 2.34. The van der Waals surface area contributed by atoms with Gasteiger partial charge in [0.05, 0.1) is 5.02 Å². The van der Waals surface area contributed by atoms with Gasteiger partial charge in [0.25, 0.3) is 0 Å². The zero-order valence-corrected chi connectivity index (χ0v) is 19.3. The summed E-state index contributed by atoms with van der Waals surface area (Å²) in [5.74, 6) is 2.13. The molecule has 0 radical (unpaired) electrons. The molecule has 0 aromatic heterocycles. The molecule has 162 valence electrons. The summed E-state index contributed by atoms with van der Waals surface area (Å²) in [5, 5.41) is 5.02. The lowest BCUT2D eigenvalue weighted by atomic mass is 10.2. The molecule has 0 amide bonds. The summed E-state index contributed by atoms with van der Waals surface area (Å²) in [7, 11) is 0. The third kappa shape index (κ3) is 5.89. The van der Waals surface area contributed by atoms with Crippen LogP contribution in [0, 0.1) is 0 Å². The van der Waals surface area contributed by atoms with Crippen LogP contribution in [0.4, 0.5) is 5.69 Å². The maximum Gasteiger partial charge on any atom is 0.143 e. The Bertz CT molecular complexity index is 1180. The first kappa shape index (κ1) is 22.3. The Kier molecular flexibility index (Phi) is 7.43. The lowest BCUT2D eigenvalue weighted by Crippen LogP contribution is -2.05. The highest BCUT2D eigenvalue weighted by Gasteiger charge is 2.12. The number of ether oxygens (including phenoxy) is 2. The number of para-hydroxylation sites is 1. The molecule has 3 nitrogen and oxygen atoms in total. The third-order valence-corrected chi connectivity index (χ3v) is 5.60. The average molecular weight is 485 g/mol. The Hall–Kier alpha value is -2.85. The van der Waals surface area contributed by atoms with Crippen molar-refractivity contribution in [3.05, 3.63) is 117 Å². The van der Waals surface area contributed by atoms with Gasteiger partial charge in [-0.1, -0.05) is 71.2 Å². The van der Waals surface area contributed by atoms with E-state index in [9.17, 15) is 0 Å². The number of nitrogens with one attached hydrogen (secondary N) is 1. The van der Waals surface area contributed by atoms with Gasteiger partial charge in [0.1, 0.15) is 23.9 Å². The summed E-state index contributed by atoms with van der Waals surface area (Å²) in [5.41, 5.74) is 2.66. The second kappa shape index (κ2) is 10.6. The van der Waals surface area contributed by atoms with E-state index in [2.05, 4.69) is 5.32 Å². The van der Waals surface area contributed by atoms with E-state index in [0.29, 0.717) is 34.0 Å². The first-order chi connectivity index (χ1) is 15.6. The molecule has 4 aromatic carbocycles. The van der Waals surface area contributed by atoms with Gasteiger partial charge in [-0.3, -0.25) is 0 Å². The quantitative estimate of drug-likeness (QED) is 0.271. The second-order valence-corrected chi connectivity index (χ2v) is 8.30. The summed E-state index contributed by atoms with van der Waals surface area (Å²) >= 11 is 18.9. The SMILES string of the molecule is Clc1cc(Cl)c(OCc2ccccc2Cl)c(CNc2ccc(Oc3ccccc3)cc2)c1. The topological polar surface area (TPSA) is 30.5 Å². The molecule has 0 saturated heterocycles. The molecule has 1 N–H and O–H groups in total. The van der Waals surface area contributed by atoms with Gasteiger partial charge in [-0.05, 0) is 54.6 Å². The van der Waals surface area contributed by atoms with Crippen molar-refractivity contribution in [1.29, 1.82) is 0 Å². The summed E-state index contributed by atoms with van der Waals surface area (Å²) < 4.78 is 11.9. The number of hydrogen-bond acceptors (Lipinski definition) is 3. The van der Waals surface area contributed by atoms with E-state index in [4.69, 9.17) is 44.3 Å². The molecule has 0 spiro atoms. The van der Waals surface area contributed by atoms with Crippen molar-refractivity contribution in [2.24, 2.45) is 0 Å². The minimum absolute atomic E-state index is 0.305. The highest BCUT2D eigenvalue weighted by molar-refractivity contribution is 6.35. The molecule has 0 aliphatic carbocycles. The van der Waals surface area contributed by atoms with Crippen LogP contribution in [0.15, 0.2) is 91.0 Å². The fourth-order valence-electron chi connectivity index (χ4n) is 3.13. The van der Waals surface area contributed by atoms with Crippen LogP contribution in [0.25, 0.3) is 0 Å². The highest BCUT2D eigenvalue weighted by atomic mass is 35.5. The molecule has 0 saturated carbocycles.